The van der Waals surface area contributed by atoms with Gasteiger partial charge in [-0.15, -0.1) is 0 Å². The molecule has 0 spiro atoms. The van der Waals surface area contributed by atoms with Crippen molar-refractivity contribution >= 4 is 29.2 Å². The second-order valence-corrected chi connectivity index (χ2v) is 9.89. The number of carbonyl (C=O) groups is 2. The number of ether oxygens (including phenoxy) is 1. The van der Waals surface area contributed by atoms with E-state index in [0.717, 1.165) is 0 Å². The zero-order valence-electron chi connectivity index (χ0n) is 20.7. The summed E-state index contributed by atoms with van der Waals surface area (Å²) in [7, 11) is 0. The topological polar surface area (TPSA) is 98.2 Å². The summed E-state index contributed by atoms with van der Waals surface area (Å²) in [5.74, 6) is -1.08. The Kier molecular flexibility index (Phi) is 6.72. The number of hydrogen-bond acceptors (Lipinski definition) is 7. The van der Waals surface area contributed by atoms with Gasteiger partial charge in [-0.2, -0.15) is 0 Å². The molecule has 3 atom stereocenters. The maximum Gasteiger partial charge on any atom is 0.261 e. The molecular formula is C26H29ClFN5O4. The second kappa shape index (κ2) is 9.83. The average Bonchev–Trinajstić information content (AvgIpc) is 3.04. The van der Waals surface area contributed by atoms with Crippen molar-refractivity contribution in [3.8, 4) is 22.8 Å². The van der Waals surface area contributed by atoms with E-state index in [1.807, 2.05) is 18.7 Å². The van der Waals surface area contributed by atoms with Crippen molar-refractivity contribution in [1.82, 2.24) is 20.1 Å². The highest BCUT2D eigenvalue weighted by atomic mass is 35.5. The minimum Gasteiger partial charge on any atom is -0.507 e. The molecule has 2 aromatic rings. The van der Waals surface area contributed by atoms with E-state index in [1.54, 1.807) is 9.80 Å². The van der Waals surface area contributed by atoms with Crippen molar-refractivity contribution < 1.29 is 23.8 Å². The average molecular weight is 530 g/mol. The SMILES string of the molecule is C=CC(=O)N1CCN(c2nc(-c3c(O)cccc3F)c(Cl)c3c2C(=O)N2CCNC[C@@H]2CO3)C(C)C1C. The van der Waals surface area contributed by atoms with Crippen molar-refractivity contribution in [2.24, 2.45) is 0 Å². The van der Waals surface area contributed by atoms with Crippen LogP contribution in [-0.2, 0) is 4.79 Å². The van der Waals surface area contributed by atoms with Crippen LogP contribution in [0.1, 0.15) is 24.2 Å². The molecule has 0 bridgehead atoms. The van der Waals surface area contributed by atoms with Gasteiger partial charge in [-0.25, -0.2) is 9.37 Å². The fourth-order valence-electron chi connectivity index (χ4n) is 5.35. The van der Waals surface area contributed by atoms with Gasteiger partial charge in [0.25, 0.3) is 5.91 Å². The molecule has 2 unspecified atom stereocenters. The van der Waals surface area contributed by atoms with E-state index in [1.165, 1.54) is 24.3 Å². The molecule has 1 aromatic heterocycles. The Bertz CT molecular complexity index is 1250. The summed E-state index contributed by atoms with van der Waals surface area (Å²) in [6.07, 6.45) is 1.28. The Morgan fingerprint density at radius 3 is 2.76 bits per heavy atom. The zero-order chi connectivity index (χ0) is 26.4. The van der Waals surface area contributed by atoms with E-state index in [2.05, 4.69) is 11.9 Å². The van der Waals surface area contributed by atoms with Gasteiger partial charge in [0.05, 0.1) is 11.6 Å². The quantitative estimate of drug-likeness (QED) is 0.590. The minimum atomic E-state index is -0.704. The summed E-state index contributed by atoms with van der Waals surface area (Å²) in [5, 5.41) is 13.8. The number of hydrogen-bond donors (Lipinski definition) is 2. The molecule has 2 fully saturated rings. The highest BCUT2D eigenvalue weighted by molar-refractivity contribution is 6.35. The van der Waals surface area contributed by atoms with Crippen molar-refractivity contribution in [2.75, 3.05) is 44.2 Å². The summed E-state index contributed by atoms with van der Waals surface area (Å²) >= 11 is 6.77. The van der Waals surface area contributed by atoms with Gasteiger partial charge in [0.1, 0.15) is 40.3 Å². The van der Waals surface area contributed by atoms with Crippen LogP contribution >= 0.6 is 11.6 Å². The first-order chi connectivity index (χ1) is 17.7. The number of halogens is 2. The molecule has 2 amide bonds. The Morgan fingerprint density at radius 2 is 2.03 bits per heavy atom. The number of amides is 2. The lowest BCUT2D eigenvalue weighted by Gasteiger charge is -2.46. The Balaban J connectivity index is 1.71. The predicted molar refractivity (Wildman–Crippen MR) is 138 cm³/mol. The molecule has 4 heterocycles. The summed E-state index contributed by atoms with van der Waals surface area (Å²) in [6, 6.07) is 3.25. The fourth-order valence-corrected chi connectivity index (χ4v) is 5.64. The number of aromatic hydroxyl groups is 1. The number of nitrogens with zero attached hydrogens (tertiary/aromatic N) is 4. The van der Waals surface area contributed by atoms with Gasteiger partial charge >= 0.3 is 0 Å². The van der Waals surface area contributed by atoms with Crippen molar-refractivity contribution in [1.29, 1.82) is 0 Å². The van der Waals surface area contributed by atoms with Gasteiger partial charge in [-0.05, 0) is 32.1 Å². The monoisotopic (exact) mass is 529 g/mol. The molecule has 3 aliphatic rings. The molecular weight excluding hydrogens is 501 g/mol. The first-order valence-electron chi connectivity index (χ1n) is 12.3. The molecule has 1 aromatic carbocycles. The van der Waals surface area contributed by atoms with Gasteiger partial charge in [-0.1, -0.05) is 24.2 Å². The molecule has 37 heavy (non-hydrogen) atoms. The van der Waals surface area contributed by atoms with Crippen molar-refractivity contribution in [2.45, 2.75) is 32.0 Å². The number of phenolic OH excluding ortho intramolecular Hbond substituents is 1. The Morgan fingerprint density at radius 1 is 1.24 bits per heavy atom. The first-order valence-corrected chi connectivity index (χ1v) is 12.7. The Hall–Kier alpha value is -3.37. The molecule has 3 aliphatic heterocycles. The highest BCUT2D eigenvalue weighted by Gasteiger charge is 2.41. The normalized spacial score (nSPS) is 23.6. The van der Waals surface area contributed by atoms with Crippen LogP contribution in [0.4, 0.5) is 10.2 Å². The van der Waals surface area contributed by atoms with Gasteiger partial charge in [-0.3, -0.25) is 9.59 Å². The van der Waals surface area contributed by atoms with E-state index < -0.39 is 5.82 Å². The second-order valence-electron chi connectivity index (χ2n) is 9.51. The predicted octanol–water partition coefficient (Wildman–Crippen LogP) is 2.66. The van der Waals surface area contributed by atoms with Gasteiger partial charge in [0, 0.05) is 44.8 Å². The Labute approximate surface area is 219 Å². The molecule has 9 nitrogen and oxygen atoms in total. The van der Waals surface area contributed by atoms with Crippen molar-refractivity contribution in [3.05, 3.63) is 47.3 Å². The summed E-state index contributed by atoms with van der Waals surface area (Å²) in [5.41, 5.74) is 0.0233. The third kappa shape index (κ3) is 4.18. The lowest BCUT2D eigenvalue weighted by atomic mass is 10.0. The highest BCUT2D eigenvalue weighted by Crippen LogP contribution is 2.46. The third-order valence-corrected chi connectivity index (χ3v) is 7.89. The van der Waals surface area contributed by atoms with E-state index in [4.69, 9.17) is 21.3 Å². The maximum absolute atomic E-state index is 15.0. The maximum atomic E-state index is 15.0. The number of aromatic nitrogens is 1. The molecule has 11 heteroatoms. The number of benzene rings is 1. The molecule has 5 rings (SSSR count). The largest absolute Gasteiger partial charge is 0.507 e. The third-order valence-electron chi connectivity index (χ3n) is 7.54. The molecule has 196 valence electrons. The fraction of sp³-hybridized carbons (Fsp3) is 0.423. The molecule has 0 radical (unpaired) electrons. The number of rotatable bonds is 3. The lowest BCUT2D eigenvalue weighted by Crippen LogP contribution is -2.59. The van der Waals surface area contributed by atoms with Crippen LogP contribution < -0.4 is 15.0 Å². The summed E-state index contributed by atoms with van der Waals surface area (Å²) in [4.78, 5) is 36.5. The van der Waals surface area contributed by atoms with Crippen LogP contribution in [0.15, 0.2) is 30.9 Å². The zero-order valence-corrected chi connectivity index (χ0v) is 21.5. The standard InChI is InChI=1S/C26H29ClFN5O4/c1-4-19(35)31-10-11-32(15(3)14(31)2)25-21-24(37-13-16-12-29-8-9-33(16)26(21)36)22(27)23(30-25)20-17(28)6-5-7-18(20)34/h4-7,14-16,29,34H,1,8-13H2,2-3H3/t14?,15?,16-/m1/s1. The van der Waals surface area contributed by atoms with Crippen LogP contribution in [0, 0.1) is 5.82 Å². The van der Waals surface area contributed by atoms with Crippen LogP contribution in [0.2, 0.25) is 5.02 Å². The molecule has 0 saturated carbocycles. The van der Waals surface area contributed by atoms with Crippen LogP contribution in [0.3, 0.4) is 0 Å². The molecule has 0 aliphatic carbocycles. The van der Waals surface area contributed by atoms with E-state index in [-0.39, 0.29) is 75.7 Å². The number of carbonyl (C=O) groups excluding carboxylic acids is 2. The molecule has 2 saturated heterocycles. The first kappa shape index (κ1) is 25.3. The number of fused-ring (bicyclic) bond motifs is 2. The number of piperazine rings is 2. The van der Waals surface area contributed by atoms with Crippen molar-refractivity contribution in [3.63, 3.8) is 0 Å². The van der Waals surface area contributed by atoms with Crippen LogP contribution in [0.5, 0.6) is 11.5 Å². The van der Waals surface area contributed by atoms with Crippen LogP contribution in [0.25, 0.3) is 11.3 Å². The number of phenols is 1. The minimum absolute atomic E-state index is 0.0127. The number of nitrogens with one attached hydrogen (secondary N) is 1. The van der Waals surface area contributed by atoms with Crippen LogP contribution in [-0.4, -0.2) is 89.2 Å². The smallest absolute Gasteiger partial charge is 0.261 e. The summed E-state index contributed by atoms with van der Waals surface area (Å²) in [6.45, 7) is 10.1. The van der Waals surface area contributed by atoms with Gasteiger partial charge in [0.15, 0.2) is 5.75 Å². The number of pyridine rings is 1. The molecule has 2 N–H and O–H groups in total. The van der Waals surface area contributed by atoms with E-state index in [0.29, 0.717) is 32.7 Å². The van der Waals surface area contributed by atoms with E-state index in [9.17, 15) is 19.1 Å². The van der Waals surface area contributed by atoms with Gasteiger partial charge in [0.2, 0.25) is 5.91 Å². The lowest BCUT2D eigenvalue weighted by molar-refractivity contribution is -0.129. The van der Waals surface area contributed by atoms with E-state index >= 15 is 0 Å². The summed E-state index contributed by atoms with van der Waals surface area (Å²) < 4.78 is 21.1. The van der Waals surface area contributed by atoms with Gasteiger partial charge < -0.3 is 29.9 Å². The number of anilines is 1.